The summed E-state index contributed by atoms with van der Waals surface area (Å²) in [7, 11) is 1.50. The first-order valence-corrected chi connectivity index (χ1v) is 7.14. The molecule has 1 aromatic carbocycles. The molecule has 1 aromatic rings. The fourth-order valence-electron chi connectivity index (χ4n) is 2.43. The highest BCUT2D eigenvalue weighted by molar-refractivity contribution is 5.36. The summed E-state index contributed by atoms with van der Waals surface area (Å²) in [5.74, 6) is 0.467. The number of ether oxygens (including phenoxy) is 1. The molecular weight excluding hydrogens is 243 g/mol. The van der Waals surface area contributed by atoms with Crippen molar-refractivity contribution in [2.45, 2.75) is 52.1 Å². The van der Waals surface area contributed by atoms with Gasteiger partial charge in [-0.25, -0.2) is 4.39 Å². The van der Waals surface area contributed by atoms with Gasteiger partial charge in [0.25, 0.3) is 0 Å². The molecule has 0 saturated carbocycles. The molecule has 0 heterocycles. The summed E-state index contributed by atoms with van der Waals surface area (Å²) in [6.07, 6.45) is 4.19. The third-order valence-electron chi connectivity index (χ3n) is 3.67. The van der Waals surface area contributed by atoms with E-state index >= 15 is 0 Å². The van der Waals surface area contributed by atoms with Crippen molar-refractivity contribution in [2.24, 2.45) is 5.92 Å². The van der Waals surface area contributed by atoms with Gasteiger partial charge in [-0.1, -0.05) is 45.6 Å². The molecule has 0 bridgehead atoms. The molecule has 3 heteroatoms. The quantitative estimate of drug-likeness (QED) is 0.753. The van der Waals surface area contributed by atoms with Gasteiger partial charge in [0.05, 0.1) is 18.8 Å². The Morgan fingerprint density at radius 1 is 1.32 bits per heavy atom. The van der Waals surface area contributed by atoms with E-state index < -0.39 is 11.9 Å². The highest BCUT2D eigenvalue weighted by Crippen LogP contribution is 2.33. The van der Waals surface area contributed by atoms with Gasteiger partial charge in [0.1, 0.15) is 11.6 Å². The van der Waals surface area contributed by atoms with E-state index in [2.05, 4.69) is 13.8 Å². The lowest BCUT2D eigenvalue weighted by Gasteiger charge is -2.21. The Hall–Kier alpha value is -1.09. The molecule has 2 atom stereocenters. The standard InChI is InChI=1S/C16H25FO2/c1-4-6-8-12(5-2)11-14(18)16-13(17)9-7-10-15(16)19-3/h7,9-10,12,14,18H,4-6,8,11H2,1-3H3. The average Bonchev–Trinajstić information content (AvgIpc) is 2.42. The third kappa shape index (κ3) is 4.50. The summed E-state index contributed by atoms with van der Waals surface area (Å²) in [6.45, 7) is 4.27. The van der Waals surface area contributed by atoms with Gasteiger partial charge >= 0.3 is 0 Å². The molecule has 0 spiro atoms. The lowest BCUT2D eigenvalue weighted by molar-refractivity contribution is 0.131. The van der Waals surface area contributed by atoms with Gasteiger partial charge in [0.2, 0.25) is 0 Å². The summed E-state index contributed by atoms with van der Waals surface area (Å²) >= 11 is 0. The number of halogens is 1. The summed E-state index contributed by atoms with van der Waals surface area (Å²) in [5.41, 5.74) is 0.292. The zero-order valence-electron chi connectivity index (χ0n) is 12.2. The highest BCUT2D eigenvalue weighted by atomic mass is 19.1. The second-order valence-electron chi connectivity index (χ2n) is 5.02. The van der Waals surface area contributed by atoms with E-state index in [0.29, 0.717) is 23.7 Å². The SMILES string of the molecule is CCCCC(CC)CC(O)c1c(F)cccc1OC. The van der Waals surface area contributed by atoms with Crippen molar-refractivity contribution in [3.8, 4) is 5.75 Å². The fraction of sp³-hybridized carbons (Fsp3) is 0.625. The van der Waals surface area contributed by atoms with Gasteiger partial charge in [0, 0.05) is 0 Å². The van der Waals surface area contributed by atoms with Crippen LogP contribution in [0.4, 0.5) is 4.39 Å². The molecule has 2 unspecified atom stereocenters. The first-order chi connectivity index (χ1) is 9.13. The highest BCUT2D eigenvalue weighted by Gasteiger charge is 2.21. The fourth-order valence-corrected chi connectivity index (χ4v) is 2.43. The number of hydrogen-bond acceptors (Lipinski definition) is 2. The Labute approximate surface area is 115 Å². The molecule has 2 nitrogen and oxygen atoms in total. The van der Waals surface area contributed by atoms with Crippen LogP contribution < -0.4 is 4.74 Å². The number of aliphatic hydroxyl groups is 1. The van der Waals surface area contributed by atoms with Gasteiger partial charge in [-0.3, -0.25) is 0 Å². The van der Waals surface area contributed by atoms with Crippen molar-refractivity contribution >= 4 is 0 Å². The van der Waals surface area contributed by atoms with Crippen LogP contribution in [0.3, 0.4) is 0 Å². The van der Waals surface area contributed by atoms with Crippen LogP contribution in [0.15, 0.2) is 18.2 Å². The molecule has 0 fully saturated rings. The van der Waals surface area contributed by atoms with Crippen LogP contribution in [0.2, 0.25) is 0 Å². The molecule has 0 aliphatic carbocycles. The molecule has 0 saturated heterocycles. The Bertz CT molecular complexity index is 379. The number of rotatable bonds is 8. The van der Waals surface area contributed by atoms with Gasteiger partial charge in [-0.2, -0.15) is 0 Å². The largest absolute Gasteiger partial charge is 0.496 e. The van der Waals surface area contributed by atoms with Crippen LogP contribution in [0.5, 0.6) is 5.75 Å². The molecular formula is C16H25FO2. The second-order valence-corrected chi connectivity index (χ2v) is 5.02. The smallest absolute Gasteiger partial charge is 0.132 e. The molecule has 1 rings (SSSR count). The minimum Gasteiger partial charge on any atom is -0.496 e. The molecule has 0 amide bonds. The monoisotopic (exact) mass is 268 g/mol. The first kappa shape index (κ1) is 16.0. The Morgan fingerprint density at radius 3 is 2.63 bits per heavy atom. The van der Waals surface area contributed by atoms with Crippen molar-refractivity contribution in [2.75, 3.05) is 7.11 Å². The van der Waals surface area contributed by atoms with Crippen molar-refractivity contribution in [3.05, 3.63) is 29.6 Å². The number of methoxy groups -OCH3 is 1. The van der Waals surface area contributed by atoms with Crippen molar-refractivity contribution in [1.82, 2.24) is 0 Å². The predicted octanol–water partition coefficient (Wildman–Crippen LogP) is 4.47. The maximum Gasteiger partial charge on any atom is 0.132 e. The van der Waals surface area contributed by atoms with Crippen LogP contribution in [-0.2, 0) is 0 Å². The van der Waals surface area contributed by atoms with Crippen LogP contribution in [0.1, 0.15) is 57.6 Å². The lowest BCUT2D eigenvalue weighted by Crippen LogP contribution is -2.10. The van der Waals surface area contributed by atoms with Crippen molar-refractivity contribution in [1.29, 1.82) is 0 Å². The lowest BCUT2D eigenvalue weighted by atomic mass is 9.90. The summed E-state index contributed by atoms with van der Waals surface area (Å²) < 4.78 is 19.0. The summed E-state index contributed by atoms with van der Waals surface area (Å²) in [6, 6.07) is 4.65. The molecule has 0 radical (unpaired) electrons. The van der Waals surface area contributed by atoms with Crippen molar-refractivity contribution in [3.63, 3.8) is 0 Å². The Morgan fingerprint density at radius 2 is 2.05 bits per heavy atom. The average molecular weight is 268 g/mol. The second kappa shape index (κ2) is 8.16. The maximum atomic E-state index is 13.9. The minimum absolute atomic E-state index is 0.292. The third-order valence-corrected chi connectivity index (χ3v) is 3.67. The van der Waals surface area contributed by atoms with E-state index in [1.54, 1.807) is 12.1 Å². The van der Waals surface area contributed by atoms with Crippen LogP contribution in [0.25, 0.3) is 0 Å². The number of unbranched alkanes of at least 4 members (excludes halogenated alkanes) is 1. The van der Waals surface area contributed by atoms with Crippen LogP contribution >= 0.6 is 0 Å². The van der Waals surface area contributed by atoms with E-state index in [9.17, 15) is 9.50 Å². The van der Waals surface area contributed by atoms with Crippen LogP contribution in [-0.4, -0.2) is 12.2 Å². The maximum absolute atomic E-state index is 13.9. The molecule has 0 aromatic heterocycles. The Balaban J connectivity index is 2.79. The van der Waals surface area contributed by atoms with E-state index in [1.807, 2.05) is 0 Å². The molecule has 108 valence electrons. The van der Waals surface area contributed by atoms with E-state index in [0.717, 1.165) is 25.7 Å². The van der Waals surface area contributed by atoms with Crippen LogP contribution in [0, 0.1) is 11.7 Å². The molecule has 0 aliphatic heterocycles. The number of benzene rings is 1. The van der Waals surface area contributed by atoms with Crippen molar-refractivity contribution < 1.29 is 14.2 Å². The topological polar surface area (TPSA) is 29.5 Å². The number of hydrogen-bond donors (Lipinski definition) is 1. The zero-order chi connectivity index (χ0) is 14.3. The summed E-state index contributed by atoms with van der Waals surface area (Å²) in [5, 5.41) is 10.3. The van der Waals surface area contributed by atoms with E-state index in [4.69, 9.17) is 4.74 Å². The molecule has 1 N–H and O–H groups in total. The van der Waals surface area contributed by atoms with Gasteiger partial charge in [-0.15, -0.1) is 0 Å². The van der Waals surface area contributed by atoms with E-state index in [1.165, 1.54) is 13.2 Å². The predicted molar refractivity (Wildman–Crippen MR) is 75.8 cm³/mol. The Kier molecular flexibility index (Phi) is 6.85. The zero-order valence-corrected chi connectivity index (χ0v) is 12.2. The van der Waals surface area contributed by atoms with Gasteiger partial charge in [0.15, 0.2) is 0 Å². The molecule has 19 heavy (non-hydrogen) atoms. The van der Waals surface area contributed by atoms with Gasteiger partial charge < -0.3 is 9.84 Å². The first-order valence-electron chi connectivity index (χ1n) is 7.14. The van der Waals surface area contributed by atoms with E-state index in [-0.39, 0.29) is 0 Å². The minimum atomic E-state index is -0.794. The number of aliphatic hydroxyl groups excluding tert-OH is 1. The summed E-state index contributed by atoms with van der Waals surface area (Å²) in [4.78, 5) is 0. The van der Waals surface area contributed by atoms with Gasteiger partial charge in [-0.05, 0) is 24.5 Å². The normalized spacial score (nSPS) is 14.2. The molecule has 0 aliphatic rings.